The molecule has 19 heavy (non-hydrogen) atoms. The van der Waals surface area contributed by atoms with Gasteiger partial charge in [-0.15, -0.1) is 0 Å². The molecule has 2 N–H and O–H groups in total. The Kier molecular flexibility index (Phi) is 4.27. The number of nitrogens with two attached hydrogens (primary N) is 1. The van der Waals surface area contributed by atoms with Crippen LogP contribution in [0.1, 0.15) is 17.2 Å². The zero-order valence-corrected chi connectivity index (χ0v) is 11.4. The van der Waals surface area contributed by atoms with Crippen LogP contribution < -0.4 is 5.73 Å². The first kappa shape index (κ1) is 14.1. The highest BCUT2D eigenvalue weighted by molar-refractivity contribution is 9.10. The predicted molar refractivity (Wildman–Crippen MR) is 71.1 cm³/mol. The van der Waals surface area contributed by atoms with E-state index in [2.05, 4.69) is 15.9 Å². The fourth-order valence-corrected chi connectivity index (χ4v) is 2.21. The van der Waals surface area contributed by atoms with Crippen molar-refractivity contribution in [3.05, 3.63) is 69.4 Å². The maximum absolute atomic E-state index is 13.1. The summed E-state index contributed by atoms with van der Waals surface area (Å²) in [5, 5.41) is 0. The molecule has 0 aliphatic rings. The van der Waals surface area contributed by atoms with Crippen molar-refractivity contribution in [1.82, 2.24) is 0 Å². The summed E-state index contributed by atoms with van der Waals surface area (Å²) in [7, 11) is 0. The van der Waals surface area contributed by atoms with Crippen LogP contribution in [-0.4, -0.2) is 0 Å². The van der Waals surface area contributed by atoms with Crippen LogP contribution in [0, 0.1) is 17.5 Å². The Morgan fingerprint density at radius 1 is 1.00 bits per heavy atom. The second kappa shape index (κ2) is 5.75. The third-order valence-electron chi connectivity index (χ3n) is 2.82. The van der Waals surface area contributed by atoms with Gasteiger partial charge in [0.15, 0.2) is 11.6 Å². The van der Waals surface area contributed by atoms with Crippen molar-refractivity contribution in [2.75, 3.05) is 0 Å². The highest BCUT2D eigenvalue weighted by atomic mass is 79.9. The minimum absolute atomic E-state index is 0.323. The smallest absolute Gasteiger partial charge is 0.159 e. The highest BCUT2D eigenvalue weighted by Crippen LogP contribution is 2.24. The minimum atomic E-state index is -0.939. The first-order valence-corrected chi connectivity index (χ1v) is 6.41. The fourth-order valence-electron chi connectivity index (χ4n) is 1.80. The molecule has 0 aliphatic carbocycles. The summed E-state index contributed by atoms with van der Waals surface area (Å²) < 4.78 is 39.8. The van der Waals surface area contributed by atoms with Gasteiger partial charge in [-0.3, -0.25) is 0 Å². The summed E-state index contributed by atoms with van der Waals surface area (Å²) in [6.45, 7) is 0. The van der Waals surface area contributed by atoms with Crippen LogP contribution in [0.3, 0.4) is 0 Å². The molecule has 2 aromatic carbocycles. The topological polar surface area (TPSA) is 26.0 Å². The normalized spacial score (nSPS) is 12.5. The van der Waals surface area contributed by atoms with Gasteiger partial charge >= 0.3 is 0 Å². The zero-order chi connectivity index (χ0) is 14.0. The number of benzene rings is 2. The van der Waals surface area contributed by atoms with E-state index in [0.717, 1.165) is 16.6 Å². The maximum atomic E-state index is 13.1. The molecular weight excluding hydrogens is 319 g/mol. The van der Waals surface area contributed by atoms with Gasteiger partial charge in [-0.1, -0.05) is 22.0 Å². The van der Waals surface area contributed by atoms with Gasteiger partial charge in [0.2, 0.25) is 0 Å². The molecule has 0 saturated carbocycles. The van der Waals surface area contributed by atoms with Crippen molar-refractivity contribution in [2.24, 2.45) is 5.73 Å². The predicted octanol–water partition coefficient (Wildman–Crippen LogP) is 4.11. The molecule has 0 aliphatic heterocycles. The van der Waals surface area contributed by atoms with E-state index in [9.17, 15) is 13.2 Å². The first-order valence-electron chi connectivity index (χ1n) is 5.62. The second-order valence-corrected chi connectivity index (χ2v) is 5.07. The molecule has 2 rings (SSSR count). The lowest BCUT2D eigenvalue weighted by molar-refractivity contribution is 0.505. The lowest BCUT2D eigenvalue weighted by Gasteiger charge is -2.13. The van der Waals surface area contributed by atoms with Crippen LogP contribution in [0.4, 0.5) is 13.2 Å². The Balaban J connectivity index is 2.22. The monoisotopic (exact) mass is 329 g/mol. The molecule has 100 valence electrons. The molecule has 0 radical (unpaired) electrons. The zero-order valence-electron chi connectivity index (χ0n) is 9.84. The quantitative estimate of drug-likeness (QED) is 0.901. The third-order valence-corrected chi connectivity index (χ3v) is 3.59. The number of hydrogen-bond donors (Lipinski definition) is 1. The third kappa shape index (κ3) is 3.36. The van der Waals surface area contributed by atoms with E-state index < -0.39 is 17.7 Å². The van der Waals surface area contributed by atoms with Crippen molar-refractivity contribution in [2.45, 2.75) is 12.5 Å². The van der Waals surface area contributed by atoms with E-state index >= 15 is 0 Å². The Hall–Kier alpha value is -1.33. The fraction of sp³-hybridized carbons (Fsp3) is 0.143. The molecule has 0 spiro atoms. The van der Waals surface area contributed by atoms with Gasteiger partial charge in [-0.2, -0.15) is 0 Å². The van der Waals surface area contributed by atoms with Crippen molar-refractivity contribution < 1.29 is 13.2 Å². The summed E-state index contributed by atoms with van der Waals surface area (Å²) in [5.74, 6) is -2.22. The largest absolute Gasteiger partial charge is 0.324 e. The molecule has 0 aromatic heterocycles. The number of rotatable bonds is 3. The molecule has 0 fully saturated rings. The van der Waals surface area contributed by atoms with E-state index in [-0.39, 0.29) is 5.82 Å². The highest BCUT2D eigenvalue weighted by Gasteiger charge is 2.12. The number of hydrogen-bond acceptors (Lipinski definition) is 1. The number of halogens is 4. The van der Waals surface area contributed by atoms with E-state index in [1.165, 1.54) is 18.2 Å². The van der Waals surface area contributed by atoms with E-state index in [4.69, 9.17) is 5.73 Å². The van der Waals surface area contributed by atoms with Gasteiger partial charge < -0.3 is 5.73 Å². The molecule has 0 saturated heterocycles. The standard InChI is InChI=1S/C14H11BrF3N/c15-11-3-2-10(16)5-9(11)7-14(19)8-1-4-12(17)13(18)6-8/h1-6,14H,7,19H2. The van der Waals surface area contributed by atoms with Crippen LogP contribution in [0.15, 0.2) is 40.9 Å². The molecule has 1 nitrogen and oxygen atoms in total. The SMILES string of the molecule is NC(Cc1cc(F)ccc1Br)c1ccc(F)c(F)c1. The molecule has 1 unspecified atom stereocenters. The summed E-state index contributed by atoms with van der Waals surface area (Å²) in [6.07, 6.45) is 0.323. The average molecular weight is 330 g/mol. The van der Waals surface area contributed by atoms with E-state index in [1.54, 1.807) is 6.07 Å². The molecular formula is C14H11BrF3N. The van der Waals surface area contributed by atoms with Gasteiger partial charge in [0, 0.05) is 10.5 Å². The molecule has 0 amide bonds. The average Bonchev–Trinajstić information content (AvgIpc) is 2.37. The lowest BCUT2D eigenvalue weighted by Crippen LogP contribution is -2.14. The Labute approximate surface area is 117 Å². The molecule has 0 heterocycles. The minimum Gasteiger partial charge on any atom is -0.324 e. The van der Waals surface area contributed by atoms with Crippen LogP contribution >= 0.6 is 15.9 Å². The first-order chi connectivity index (χ1) is 8.97. The van der Waals surface area contributed by atoms with Crippen LogP contribution in [0.25, 0.3) is 0 Å². The van der Waals surface area contributed by atoms with Crippen molar-refractivity contribution in [3.8, 4) is 0 Å². The summed E-state index contributed by atoms with van der Waals surface area (Å²) in [6, 6.07) is 7.27. The van der Waals surface area contributed by atoms with Crippen molar-refractivity contribution in [1.29, 1.82) is 0 Å². The Morgan fingerprint density at radius 3 is 2.42 bits per heavy atom. The summed E-state index contributed by atoms with van der Waals surface area (Å²) >= 11 is 3.30. The van der Waals surface area contributed by atoms with Crippen molar-refractivity contribution in [3.63, 3.8) is 0 Å². The van der Waals surface area contributed by atoms with Crippen molar-refractivity contribution >= 4 is 15.9 Å². The second-order valence-electron chi connectivity index (χ2n) is 4.22. The molecule has 1 atom stereocenters. The van der Waals surface area contributed by atoms with Crippen LogP contribution in [0.5, 0.6) is 0 Å². The van der Waals surface area contributed by atoms with Gasteiger partial charge in [0.25, 0.3) is 0 Å². The summed E-state index contributed by atoms with van der Waals surface area (Å²) in [4.78, 5) is 0. The van der Waals surface area contributed by atoms with Gasteiger partial charge in [-0.05, 0) is 47.9 Å². The Morgan fingerprint density at radius 2 is 1.74 bits per heavy atom. The van der Waals surface area contributed by atoms with Crippen LogP contribution in [-0.2, 0) is 6.42 Å². The molecule has 0 bridgehead atoms. The van der Waals surface area contributed by atoms with Gasteiger partial charge in [-0.25, -0.2) is 13.2 Å². The van der Waals surface area contributed by atoms with Gasteiger partial charge in [0.05, 0.1) is 0 Å². The molecule has 2 aromatic rings. The van der Waals surface area contributed by atoms with E-state index in [0.29, 0.717) is 17.5 Å². The maximum Gasteiger partial charge on any atom is 0.159 e. The van der Waals surface area contributed by atoms with Crippen LogP contribution in [0.2, 0.25) is 0 Å². The Bertz CT molecular complexity index is 601. The summed E-state index contributed by atoms with van der Waals surface area (Å²) in [5.41, 5.74) is 7.08. The van der Waals surface area contributed by atoms with E-state index in [1.807, 2.05) is 0 Å². The lowest BCUT2D eigenvalue weighted by atomic mass is 9.99. The molecule has 5 heteroatoms. The van der Waals surface area contributed by atoms with Gasteiger partial charge in [0.1, 0.15) is 5.82 Å².